The number of rotatable bonds is 2. The lowest BCUT2D eigenvalue weighted by Gasteiger charge is -2.31. The molecule has 3 nitrogen and oxygen atoms in total. The maximum atomic E-state index is 4.39. The Kier molecular flexibility index (Phi) is 5.07. The third kappa shape index (κ3) is 3.04. The SMILES string of the molecule is CN=C(NCC1Cc2ccccc21)N1CCCC1.I. The molecule has 1 N–H and O–H groups in total. The zero-order valence-electron chi connectivity index (χ0n) is 11.4. The maximum absolute atomic E-state index is 4.39. The summed E-state index contributed by atoms with van der Waals surface area (Å²) in [5.41, 5.74) is 3.03. The quantitative estimate of drug-likeness (QED) is 0.492. The van der Waals surface area contributed by atoms with Crippen LogP contribution in [0.15, 0.2) is 29.3 Å². The van der Waals surface area contributed by atoms with E-state index in [1.807, 2.05) is 7.05 Å². The van der Waals surface area contributed by atoms with E-state index >= 15 is 0 Å². The molecule has 2 aliphatic rings. The van der Waals surface area contributed by atoms with Crippen LogP contribution in [0.2, 0.25) is 0 Å². The van der Waals surface area contributed by atoms with E-state index in [9.17, 15) is 0 Å². The summed E-state index contributed by atoms with van der Waals surface area (Å²) in [6, 6.07) is 8.76. The first kappa shape index (κ1) is 14.6. The van der Waals surface area contributed by atoms with Crippen LogP contribution in [0.5, 0.6) is 0 Å². The standard InChI is InChI=1S/C15H21N3.HI/c1-16-15(18-8-4-5-9-18)17-11-13-10-12-6-2-3-7-14(12)13;/h2-3,6-7,13H,4-5,8-11H2,1H3,(H,16,17);1H. The Labute approximate surface area is 132 Å². The van der Waals surface area contributed by atoms with Crippen molar-refractivity contribution in [3.05, 3.63) is 35.4 Å². The van der Waals surface area contributed by atoms with E-state index < -0.39 is 0 Å². The summed E-state index contributed by atoms with van der Waals surface area (Å²) < 4.78 is 0. The van der Waals surface area contributed by atoms with Gasteiger partial charge in [-0.2, -0.15) is 0 Å². The topological polar surface area (TPSA) is 27.6 Å². The fourth-order valence-electron chi connectivity index (χ4n) is 3.02. The van der Waals surface area contributed by atoms with Crippen molar-refractivity contribution in [3.63, 3.8) is 0 Å². The lowest BCUT2D eigenvalue weighted by Crippen LogP contribution is -2.42. The number of halogens is 1. The van der Waals surface area contributed by atoms with Crippen molar-refractivity contribution in [3.8, 4) is 0 Å². The van der Waals surface area contributed by atoms with Gasteiger partial charge in [-0.05, 0) is 30.4 Å². The van der Waals surface area contributed by atoms with Gasteiger partial charge in [0.2, 0.25) is 0 Å². The van der Waals surface area contributed by atoms with Crippen LogP contribution in [0, 0.1) is 0 Å². The fourth-order valence-corrected chi connectivity index (χ4v) is 3.02. The number of guanidine groups is 1. The van der Waals surface area contributed by atoms with Crippen molar-refractivity contribution < 1.29 is 0 Å². The molecule has 0 saturated carbocycles. The number of nitrogens with zero attached hydrogens (tertiary/aromatic N) is 2. The largest absolute Gasteiger partial charge is 0.356 e. The van der Waals surface area contributed by atoms with Gasteiger partial charge in [0.1, 0.15) is 0 Å². The predicted octanol–water partition coefficient (Wildman–Crippen LogP) is 2.62. The molecule has 0 bridgehead atoms. The van der Waals surface area contributed by atoms with E-state index in [1.54, 1.807) is 0 Å². The van der Waals surface area contributed by atoms with Crippen molar-refractivity contribution in [1.82, 2.24) is 10.2 Å². The van der Waals surface area contributed by atoms with E-state index in [0.29, 0.717) is 5.92 Å². The number of aliphatic imine (C=N–C) groups is 1. The van der Waals surface area contributed by atoms with Gasteiger partial charge in [-0.1, -0.05) is 24.3 Å². The van der Waals surface area contributed by atoms with Gasteiger partial charge in [-0.25, -0.2) is 0 Å². The van der Waals surface area contributed by atoms with E-state index in [1.165, 1.54) is 30.4 Å². The Morgan fingerprint density at radius 1 is 1.32 bits per heavy atom. The first-order valence-corrected chi connectivity index (χ1v) is 6.92. The molecule has 104 valence electrons. The fraction of sp³-hybridized carbons (Fsp3) is 0.533. The van der Waals surface area contributed by atoms with Crippen molar-refractivity contribution in [2.45, 2.75) is 25.2 Å². The molecule has 0 spiro atoms. The Hall–Kier alpha value is -0.780. The minimum absolute atomic E-state index is 0. The summed E-state index contributed by atoms with van der Waals surface area (Å²) in [6.45, 7) is 3.32. The normalized spacial score (nSPS) is 21.4. The summed E-state index contributed by atoms with van der Waals surface area (Å²) >= 11 is 0. The van der Waals surface area contributed by atoms with E-state index in [4.69, 9.17) is 0 Å². The summed E-state index contributed by atoms with van der Waals surface area (Å²) in [7, 11) is 1.88. The molecule has 1 unspecified atom stereocenters. The van der Waals surface area contributed by atoms with Crippen LogP contribution < -0.4 is 5.32 Å². The molecule has 1 aliphatic carbocycles. The molecule has 1 atom stereocenters. The maximum Gasteiger partial charge on any atom is 0.193 e. The molecule has 0 radical (unpaired) electrons. The minimum Gasteiger partial charge on any atom is -0.356 e. The van der Waals surface area contributed by atoms with Crippen molar-refractivity contribution in [2.24, 2.45) is 4.99 Å². The average molecular weight is 371 g/mol. The molecule has 1 heterocycles. The zero-order chi connectivity index (χ0) is 12.4. The zero-order valence-corrected chi connectivity index (χ0v) is 13.8. The number of hydrogen-bond donors (Lipinski definition) is 1. The van der Waals surface area contributed by atoms with Crippen molar-refractivity contribution >= 4 is 29.9 Å². The van der Waals surface area contributed by atoms with Crippen molar-refractivity contribution in [2.75, 3.05) is 26.7 Å². The number of likely N-dealkylation sites (tertiary alicyclic amines) is 1. The van der Waals surface area contributed by atoms with Gasteiger partial charge in [0.05, 0.1) is 0 Å². The highest BCUT2D eigenvalue weighted by Gasteiger charge is 2.26. The van der Waals surface area contributed by atoms with Gasteiger partial charge >= 0.3 is 0 Å². The first-order valence-electron chi connectivity index (χ1n) is 6.92. The minimum atomic E-state index is 0. The monoisotopic (exact) mass is 371 g/mol. The third-order valence-corrected chi connectivity index (χ3v) is 4.09. The highest BCUT2D eigenvalue weighted by molar-refractivity contribution is 14.0. The lowest BCUT2D eigenvalue weighted by molar-refractivity contribution is 0.481. The van der Waals surface area contributed by atoms with Crippen LogP contribution in [0.25, 0.3) is 0 Å². The number of nitrogens with one attached hydrogen (secondary N) is 1. The van der Waals surface area contributed by atoms with Crippen LogP contribution in [0.4, 0.5) is 0 Å². The first-order chi connectivity index (χ1) is 8.88. The van der Waals surface area contributed by atoms with Crippen LogP contribution in [0.3, 0.4) is 0 Å². The molecule has 1 aromatic carbocycles. The van der Waals surface area contributed by atoms with Gasteiger partial charge in [-0.15, -0.1) is 24.0 Å². The molecule has 1 aliphatic heterocycles. The molecule has 0 aromatic heterocycles. The molecular formula is C15H22IN3. The highest BCUT2D eigenvalue weighted by atomic mass is 127. The molecule has 1 fully saturated rings. The van der Waals surface area contributed by atoms with Crippen LogP contribution in [-0.2, 0) is 6.42 Å². The Balaban J connectivity index is 0.00000133. The second-order valence-electron chi connectivity index (χ2n) is 5.22. The highest BCUT2D eigenvalue weighted by Crippen LogP contribution is 2.34. The van der Waals surface area contributed by atoms with Gasteiger partial charge in [0, 0.05) is 32.6 Å². The Morgan fingerprint density at radius 3 is 2.74 bits per heavy atom. The summed E-state index contributed by atoms with van der Waals surface area (Å²) in [5, 5.41) is 3.53. The number of hydrogen-bond acceptors (Lipinski definition) is 1. The van der Waals surface area contributed by atoms with Gasteiger partial charge in [0.25, 0.3) is 0 Å². The summed E-state index contributed by atoms with van der Waals surface area (Å²) in [4.78, 5) is 6.75. The second-order valence-corrected chi connectivity index (χ2v) is 5.22. The summed E-state index contributed by atoms with van der Waals surface area (Å²) in [5.74, 6) is 1.75. The van der Waals surface area contributed by atoms with E-state index in [0.717, 1.165) is 25.6 Å². The van der Waals surface area contributed by atoms with Crippen molar-refractivity contribution in [1.29, 1.82) is 0 Å². The van der Waals surface area contributed by atoms with Gasteiger partial charge in [-0.3, -0.25) is 4.99 Å². The number of fused-ring (bicyclic) bond motifs is 1. The van der Waals surface area contributed by atoms with Crippen LogP contribution >= 0.6 is 24.0 Å². The van der Waals surface area contributed by atoms with Gasteiger partial charge in [0.15, 0.2) is 5.96 Å². The Bertz CT molecular complexity index is 452. The predicted molar refractivity (Wildman–Crippen MR) is 90.5 cm³/mol. The molecule has 1 saturated heterocycles. The van der Waals surface area contributed by atoms with E-state index in [-0.39, 0.29) is 24.0 Å². The molecule has 0 amide bonds. The smallest absolute Gasteiger partial charge is 0.193 e. The molecule has 3 rings (SSSR count). The summed E-state index contributed by atoms with van der Waals surface area (Å²) in [6.07, 6.45) is 3.81. The Morgan fingerprint density at radius 2 is 2.05 bits per heavy atom. The molecular weight excluding hydrogens is 349 g/mol. The lowest BCUT2D eigenvalue weighted by atomic mass is 9.78. The number of benzene rings is 1. The average Bonchev–Trinajstić information content (AvgIpc) is 2.89. The third-order valence-electron chi connectivity index (χ3n) is 4.09. The van der Waals surface area contributed by atoms with E-state index in [2.05, 4.69) is 39.5 Å². The molecule has 4 heteroatoms. The van der Waals surface area contributed by atoms with Crippen LogP contribution in [0.1, 0.15) is 29.9 Å². The van der Waals surface area contributed by atoms with Gasteiger partial charge < -0.3 is 10.2 Å². The van der Waals surface area contributed by atoms with Crippen LogP contribution in [-0.4, -0.2) is 37.5 Å². The second kappa shape index (κ2) is 6.59. The molecule has 19 heavy (non-hydrogen) atoms. The molecule has 1 aromatic rings.